The van der Waals surface area contributed by atoms with Gasteiger partial charge in [0.25, 0.3) is 0 Å². The summed E-state index contributed by atoms with van der Waals surface area (Å²) in [5.41, 5.74) is 2.61. The molecule has 34 heavy (non-hydrogen) atoms. The van der Waals surface area contributed by atoms with Gasteiger partial charge in [0.15, 0.2) is 0 Å². The zero-order chi connectivity index (χ0) is 25.5. The van der Waals surface area contributed by atoms with Crippen molar-refractivity contribution < 1.29 is 18.0 Å². The minimum Gasteiger partial charge on any atom is -0.354 e. The Morgan fingerprint density at radius 1 is 1.06 bits per heavy atom. The molecule has 2 amide bonds. The van der Waals surface area contributed by atoms with Crippen LogP contribution in [0.2, 0.25) is 5.02 Å². The number of sulfonamides is 1. The smallest absolute Gasteiger partial charge is 0.244 e. The standard InChI is InChI=1S/C25H34ClN3O4S/c1-6-7-15-27-25(31)20(4)28(16-21-13-8-9-14-22(21)26)23(30)17-29(34(5,32)33)24-18(2)11-10-12-19(24)3/h8-14,20H,6-7,15-17H2,1-5H3,(H,27,31)/t20-/m1/s1. The molecule has 0 aliphatic heterocycles. The Kier molecular flexibility index (Phi) is 9.94. The van der Waals surface area contributed by atoms with E-state index in [0.717, 1.165) is 34.5 Å². The maximum atomic E-state index is 13.6. The van der Waals surface area contributed by atoms with Crippen molar-refractivity contribution in [3.63, 3.8) is 0 Å². The first-order valence-corrected chi connectivity index (χ1v) is 13.5. The van der Waals surface area contributed by atoms with E-state index < -0.39 is 28.5 Å². The number of para-hydroxylation sites is 1. The summed E-state index contributed by atoms with van der Waals surface area (Å²) in [4.78, 5) is 27.8. The van der Waals surface area contributed by atoms with Gasteiger partial charge in [0.1, 0.15) is 12.6 Å². The molecule has 0 heterocycles. The van der Waals surface area contributed by atoms with E-state index in [1.165, 1.54) is 4.90 Å². The molecule has 0 spiro atoms. The monoisotopic (exact) mass is 507 g/mol. The Morgan fingerprint density at radius 2 is 1.68 bits per heavy atom. The predicted octanol–water partition coefficient (Wildman–Crippen LogP) is 4.06. The molecule has 0 aliphatic rings. The van der Waals surface area contributed by atoms with Gasteiger partial charge in [0, 0.05) is 18.1 Å². The van der Waals surface area contributed by atoms with E-state index in [0.29, 0.717) is 22.8 Å². The molecule has 2 aromatic carbocycles. The van der Waals surface area contributed by atoms with Crippen LogP contribution < -0.4 is 9.62 Å². The largest absolute Gasteiger partial charge is 0.354 e. The SMILES string of the molecule is CCCCNC(=O)[C@@H](C)N(Cc1ccccc1Cl)C(=O)CN(c1c(C)cccc1C)S(C)(=O)=O. The van der Waals surface area contributed by atoms with E-state index in [4.69, 9.17) is 11.6 Å². The number of rotatable bonds is 11. The van der Waals surface area contributed by atoms with Gasteiger partial charge in [0.2, 0.25) is 21.8 Å². The summed E-state index contributed by atoms with van der Waals surface area (Å²) >= 11 is 6.33. The topological polar surface area (TPSA) is 86.8 Å². The van der Waals surface area contributed by atoms with E-state index in [1.807, 2.05) is 13.0 Å². The van der Waals surface area contributed by atoms with Gasteiger partial charge in [-0.3, -0.25) is 13.9 Å². The third kappa shape index (κ3) is 7.21. The molecule has 0 saturated carbocycles. The highest BCUT2D eigenvalue weighted by Crippen LogP contribution is 2.27. The number of amides is 2. The van der Waals surface area contributed by atoms with Crippen LogP contribution in [0, 0.1) is 13.8 Å². The first-order valence-electron chi connectivity index (χ1n) is 11.3. The molecule has 0 bridgehead atoms. The van der Waals surface area contributed by atoms with E-state index in [1.54, 1.807) is 57.2 Å². The molecule has 0 aliphatic carbocycles. The molecule has 1 atom stereocenters. The lowest BCUT2D eigenvalue weighted by atomic mass is 10.1. The maximum Gasteiger partial charge on any atom is 0.244 e. The fraction of sp³-hybridized carbons (Fsp3) is 0.440. The van der Waals surface area contributed by atoms with E-state index >= 15 is 0 Å². The van der Waals surface area contributed by atoms with Crippen LogP contribution in [0.4, 0.5) is 5.69 Å². The van der Waals surface area contributed by atoms with Gasteiger partial charge in [-0.1, -0.05) is 61.3 Å². The van der Waals surface area contributed by atoms with Gasteiger partial charge in [-0.25, -0.2) is 8.42 Å². The van der Waals surface area contributed by atoms with Gasteiger partial charge in [-0.2, -0.15) is 0 Å². The van der Waals surface area contributed by atoms with Crippen molar-refractivity contribution in [1.82, 2.24) is 10.2 Å². The van der Waals surface area contributed by atoms with E-state index in [2.05, 4.69) is 5.32 Å². The summed E-state index contributed by atoms with van der Waals surface area (Å²) in [7, 11) is -3.78. The lowest BCUT2D eigenvalue weighted by Crippen LogP contribution is -2.51. The summed E-state index contributed by atoms with van der Waals surface area (Å²) in [5.74, 6) is -0.794. The fourth-order valence-corrected chi connectivity index (χ4v) is 4.86. The average molecular weight is 508 g/mol. The number of hydrogen-bond donors (Lipinski definition) is 1. The molecule has 1 N–H and O–H groups in total. The molecular formula is C25H34ClN3O4S. The molecule has 7 nitrogen and oxygen atoms in total. The van der Waals surface area contributed by atoms with Crippen LogP contribution in [0.15, 0.2) is 42.5 Å². The zero-order valence-corrected chi connectivity index (χ0v) is 22.0. The maximum absolute atomic E-state index is 13.6. The number of carbonyl (C=O) groups is 2. The number of hydrogen-bond acceptors (Lipinski definition) is 4. The molecule has 0 aromatic heterocycles. The van der Waals surface area contributed by atoms with Crippen LogP contribution in [0.3, 0.4) is 0 Å². The van der Waals surface area contributed by atoms with Crippen molar-refractivity contribution in [2.24, 2.45) is 0 Å². The second-order valence-corrected chi connectivity index (χ2v) is 10.8. The van der Waals surface area contributed by atoms with Crippen LogP contribution >= 0.6 is 11.6 Å². The van der Waals surface area contributed by atoms with Crippen molar-refractivity contribution in [2.75, 3.05) is 23.7 Å². The molecule has 0 saturated heterocycles. The Morgan fingerprint density at radius 3 is 2.24 bits per heavy atom. The van der Waals surface area contributed by atoms with Gasteiger partial charge in [-0.15, -0.1) is 0 Å². The van der Waals surface area contributed by atoms with Crippen LogP contribution in [-0.2, 0) is 26.2 Å². The van der Waals surface area contributed by atoms with Gasteiger partial charge >= 0.3 is 0 Å². The number of anilines is 1. The van der Waals surface area contributed by atoms with Crippen LogP contribution in [0.5, 0.6) is 0 Å². The van der Waals surface area contributed by atoms with Gasteiger partial charge in [0.05, 0.1) is 11.9 Å². The van der Waals surface area contributed by atoms with Gasteiger partial charge < -0.3 is 10.2 Å². The van der Waals surface area contributed by atoms with E-state index in [9.17, 15) is 18.0 Å². The highest BCUT2D eigenvalue weighted by Gasteiger charge is 2.31. The van der Waals surface area contributed by atoms with Crippen LogP contribution in [0.1, 0.15) is 43.4 Å². The third-order valence-corrected chi connectivity index (χ3v) is 7.14. The third-order valence-electron chi connectivity index (χ3n) is 5.66. The number of unbranched alkanes of at least 4 members (excludes halogenated alkanes) is 1. The number of halogens is 1. The highest BCUT2D eigenvalue weighted by atomic mass is 35.5. The molecule has 186 valence electrons. The molecule has 9 heteroatoms. The zero-order valence-electron chi connectivity index (χ0n) is 20.5. The average Bonchev–Trinajstić information content (AvgIpc) is 2.76. The molecular weight excluding hydrogens is 474 g/mol. The normalized spacial score (nSPS) is 12.2. The first kappa shape index (κ1) is 27.7. The highest BCUT2D eigenvalue weighted by molar-refractivity contribution is 7.92. The lowest BCUT2D eigenvalue weighted by Gasteiger charge is -2.32. The molecule has 0 unspecified atom stereocenters. The molecule has 0 fully saturated rings. The Bertz CT molecular complexity index is 1100. The van der Waals surface area contributed by atoms with Crippen molar-refractivity contribution in [3.05, 3.63) is 64.2 Å². The summed E-state index contributed by atoms with van der Waals surface area (Å²) < 4.78 is 26.6. The van der Waals surface area contributed by atoms with Crippen molar-refractivity contribution in [3.8, 4) is 0 Å². The first-order chi connectivity index (χ1) is 16.0. The number of nitrogens with zero attached hydrogens (tertiary/aromatic N) is 2. The van der Waals surface area contributed by atoms with Crippen molar-refractivity contribution in [1.29, 1.82) is 0 Å². The van der Waals surface area contributed by atoms with Crippen molar-refractivity contribution >= 4 is 39.1 Å². The van der Waals surface area contributed by atoms with Gasteiger partial charge in [-0.05, 0) is 49.9 Å². The van der Waals surface area contributed by atoms with Crippen molar-refractivity contribution in [2.45, 2.75) is 53.1 Å². The Balaban J connectivity index is 2.42. The number of carbonyl (C=O) groups excluding carboxylic acids is 2. The molecule has 0 radical (unpaired) electrons. The second-order valence-electron chi connectivity index (χ2n) is 8.44. The number of aryl methyl sites for hydroxylation is 2. The number of nitrogens with one attached hydrogen (secondary N) is 1. The molecule has 2 aromatic rings. The fourth-order valence-electron chi connectivity index (χ4n) is 3.70. The molecule has 2 rings (SSSR count). The Labute approximate surface area is 208 Å². The van der Waals surface area contributed by atoms with Crippen LogP contribution in [-0.4, -0.2) is 50.5 Å². The van der Waals surface area contributed by atoms with Crippen LogP contribution in [0.25, 0.3) is 0 Å². The second kappa shape index (κ2) is 12.2. The minimum atomic E-state index is -3.78. The minimum absolute atomic E-state index is 0.0746. The van der Waals surface area contributed by atoms with E-state index in [-0.39, 0.29) is 12.5 Å². The lowest BCUT2D eigenvalue weighted by molar-refractivity contribution is -0.139. The quantitative estimate of drug-likeness (QED) is 0.465. The predicted molar refractivity (Wildman–Crippen MR) is 137 cm³/mol. The summed E-state index contributed by atoms with van der Waals surface area (Å²) in [6.45, 7) is 7.42. The number of benzene rings is 2. The summed E-state index contributed by atoms with van der Waals surface area (Å²) in [6.07, 6.45) is 2.83. The summed E-state index contributed by atoms with van der Waals surface area (Å²) in [6, 6.07) is 11.7. The summed E-state index contributed by atoms with van der Waals surface area (Å²) in [5, 5.41) is 3.32. The Hall–Kier alpha value is -2.58.